The lowest BCUT2D eigenvalue weighted by atomic mass is 9.98. The summed E-state index contributed by atoms with van der Waals surface area (Å²) in [6.45, 7) is 2.37. The minimum atomic E-state index is -3.61. The highest BCUT2D eigenvalue weighted by molar-refractivity contribution is 7.89. The number of nitrogens with two attached hydrogens (primary N) is 1. The molecule has 1 aromatic carbocycles. The predicted octanol–water partition coefficient (Wildman–Crippen LogP) is 0.904. The number of rotatable bonds is 5. The number of piperidine rings is 1. The Labute approximate surface area is 125 Å². The van der Waals surface area contributed by atoms with Gasteiger partial charge in [0.1, 0.15) is 5.82 Å². The molecular weight excluding hydrogens is 293 g/mol. The standard InChI is InChI=1S/C14H22FN3O2S/c1-18-6-4-11(5-7-18)10-17-21(19,20)13-2-3-14(15)12(8-13)9-16/h2-3,8,11,17H,4-7,9-10,16H2,1H3. The average Bonchev–Trinajstić information content (AvgIpc) is 2.47. The van der Waals surface area contributed by atoms with Crippen molar-refractivity contribution >= 4 is 10.0 Å². The van der Waals surface area contributed by atoms with Crippen LogP contribution in [-0.2, 0) is 16.6 Å². The van der Waals surface area contributed by atoms with Crippen LogP contribution >= 0.6 is 0 Å². The lowest BCUT2D eigenvalue weighted by molar-refractivity contribution is 0.220. The first-order valence-electron chi connectivity index (χ1n) is 7.09. The summed E-state index contributed by atoms with van der Waals surface area (Å²) in [7, 11) is -1.55. The molecule has 0 radical (unpaired) electrons. The molecule has 21 heavy (non-hydrogen) atoms. The Morgan fingerprint density at radius 2 is 2.05 bits per heavy atom. The monoisotopic (exact) mass is 315 g/mol. The Morgan fingerprint density at radius 1 is 1.38 bits per heavy atom. The molecule has 0 bridgehead atoms. The van der Waals surface area contributed by atoms with Crippen molar-refractivity contribution in [3.8, 4) is 0 Å². The normalized spacial score (nSPS) is 18.0. The molecular formula is C14H22FN3O2S. The van der Waals surface area contributed by atoms with Crippen molar-refractivity contribution in [1.29, 1.82) is 0 Å². The van der Waals surface area contributed by atoms with Crippen LogP contribution in [0.25, 0.3) is 0 Å². The zero-order valence-electron chi connectivity index (χ0n) is 12.2. The number of benzene rings is 1. The fraction of sp³-hybridized carbons (Fsp3) is 0.571. The van der Waals surface area contributed by atoms with Gasteiger partial charge in [0.25, 0.3) is 0 Å². The van der Waals surface area contributed by atoms with Crippen molar-refractivity contribution in [2.24, 2.45) is 11.7 Å². The van der Waals surface area contributed by atoms with Crippen LogP contribution in [0.2, 0.25) is 0 Å². The highest BCUT2D eigenvalue weighted by Crippen LogP contribution is 2.18. The van der Waals surface area contributed by atoms with E-state index in [0.29, 0.717) is 12.5 Å². The van der Waals surface area contributed by atoms with E-state index in [2.05, 4.69) is 16.7 Å². The lowest BCUT2D eigenvalue weighted by Crippen LogP contribution is -2.36. The van der Waals surface area contributed by atoms with Crippen LogP contribution < -0.4 is 10.5 Å². The van der Waals surface area contributed by atoms with Gasteiger partial charge in [-0.3, -0.25) is 0 Å². The molecule has 1 saturated heterocycles. The van der Waals surface area contributed by atoms with Crippen molar-refractivity contribution in [1.82, 2.24) is 9.62 Å². The SMILES string of the molecule is CN1CCC(CNS(=O)(=O)c2ccc(F)c(CN)c2)CC1. The van der Waals surface area contributed by atoms with Gasteiger partial charge >= 0.3 is 0 Å². The predicted molar refractivity (Wildman–Crippen MR) is 79.7 cm³/mol. The molecule has 118 valence electrons. The van der Waals surface area contributed by atoms with Crippen LogP contribution in [0.1, 0.15) is 18.4 Å². The second kappa shape index (κ2) is 6.83. The van der Waals surface area contributed by atoms with E-state index in [1.165, 1.54) is 12.1 Å². The quantitative estimate of drug-likeness (QED) is 0.847. The fourth-order valence-corrected chi connectivity index (χ4v) is 3.62. The van der Waals surface area contributed by atoms with Crippen LogP contribution in [0.3, 0.4) is 0 Å². The molecule has 0 amide bonds. The molecule has 2 rings (SSSR count). The highest BCUT2D eigenvalue weighted by Gasteiger charge is 2.21. The smallest absolute Gasteiger partial charge is 0.240 e. The van der Waals surface area contributed by atoms with E-state index in [9.17, 15) is 12.8 Å². The van der Waals surface area contributed by atoms with E-state index in [1.54, 1.807) is 0 Å². The molecule has 1 fully saturated rings. The maximum Gasteiger partial charge on any atom is 0.240 e. The van der Waals surface area contributed by atoms with E-state index >= 15 is 0 Å². The number of nitrogens with zero attached hydrogens (tertiary/aromatic N) is 1. The second-order valence-electron chi connectivity index (χ2n) is 5.56. The highest BCUT2D eigenvalue weighted by atomic mass is 32.2. The fourth-order valence-electron chi connectivity index (χ4n) is 2.45. The Hall–Kier alpha value is -1.02. The van der Waals surface area contributed by atoms with Gasteiger partial charge in [-0.25, -0.2) is 17.5 Å². The maximum absolute atomic E-state index is 13.4. The van der Waals surface area contributed by atoms with E-state index in [1.807, 2.05) is 0 Å². The Balaban J connectivity index is 2.01. The summed E-state index contributed by atoms with van der Waals surface area (Å²) in [5.41, 5.74) is 5.61. The largest absolute Gasteiger partial charge is 0.326 e. The van der Waals surface area contributed by atoms with E-state index in [4.69, 9.17) is 5.73 Å². The number of sulfonamides is 1. The molecule has 0 unspecified atom stereocenters. The topological polar surface area (TPSA) is 75.4 Å². The van der Waals surface area contributed by atoms with Crippen molar-refractivity contribution in [3.05, 3.63) is 29.6 Å². The molecule has 1 aliphatic rings. The number of nitrogens with one attached hydrogen (secondary N) is 1. The minimum absolute atomic E-state index is 0.0237. The van der Waals surface area contributed by atoms with Crippen LogP contribution in [0, 0.1) is 11.7 Å². The molecule has 0 aliphatic carbocycles. The van der Waals surface area contributed by atoms with Gasteiger partial charge in [0.15, 0.2) is 0 Å². The van der Waals surface area contributed by atoms with Gasteiger partial charge in [0.2, 0.25) is 10.0 Å². The Morgan fingerprint density at radius 3 is 2.67 bits per heavy atom. The van der Waals surface area contributed by atoms with Gasteiger partial charge in [-0.15, -0.1) is 0 Å². The number of likely N-dealkylation sites (tertiary alicyclic amines) is 1. The van der Waals surface area contributed by atoms with Crippen LogP contribution in [0.5, 0.6) is 0 Å². The zero-order valence-corrected chi connectivity index (χ0v) is 13.0. The summed E-state index contributed by atoms with van der Waals surface area (Å²) in [5.74, 6) is -0.128. The summed E-state index contributed by atoms with van der Waals surface area (Å²) >= 11 is 0. The minimum Gasteiger partial charge on any atom is -0.326 e. The van der Waals surface area contributed by atoms with E-state index < -0.39 is 15.8 Å². The molecule has 3 N–H and O–H groups in total. The van der Waals surface area contributed by atoms with Crippen LogP contribution in [-0.4, -0.2) is 40.0 Å². The van der Waals surface area contributed by atoms with Gasteiger partial charge in [-0.1, -0.05) is 0 Å². The van der Waals surface area contributed by atoms with E-state index in [0.717, 1.165) is 32.0 Å². The van der Waals surface area contributed by atoms with Crippen molar-refractivity contribution in [2.45, 2.75) is 24.3 Å². The molecule has 1 aromatic rings. The third-order valence-electron chi connectivity index (χ3n) is 3.95. The lowest BCUT2D eigenvalue weighted by Gasteiger charge is -2.28. The van der Waals surface area contributed by atoms with Gasteiger partial charge in [-0.2, -0.15) is 0 Å². The van der Waals surface area contributed by atoms with Crippen LogP contribution in [0.4, 0.5) is 4.39 Å². The summed E-state index contributed by atoms with van der Waals surface area (Å²) in [5, 5.41) is 0. The van der Waals surface area contributed by atoms with Gasteiger partial charge < -0.3 is 10.6 Å². The Bertz CT molecular complexity index is 584. The van der Waals surface area contributed by atoms with E-state index in [-0.39, 0.29) is 17.0 Å². The summed E-state index contributed by atoms with van der Waals surface area (Å²) in [6, 6.07) is 3.71. The van der Waals surface area contributed by atoms with Crippen molar-refractivity contribution < 1.29 is 12.8 Å². The molecule has 0 spiro atoms. The molecule has 7 heteroatoms. The molecule has 0 saturated carbocycles. The molecule has 0 aromatic heterocycles. The summed E-state index contributed by atoms with van der Waals surface area (Å²) < 4.78 is 40.5. The maximum atomic E-state index is 13.4. The number of hydrogen-bond donors (Lipinski definition) is 2. The first-order chi connectivity index (χ1) is 9.92. The Kier molecular flexibility index (Phi) is 5.32. The van der Waals surface area contributed by atoms with Crippen LogP contribution in [0.15, 0.2) is 23.1 Å². The third-order valence-corrected chi connectivity index (χ3v) is 5.37. The summed E-state index contributed by atoms with van der Waals surface area (Å²) in [6.07, 6.45) is 1.97. The number of hydrogen-bond acceptors (Lipinski definition) is 4. The molecule has 1 aliphatic heterocycles. The van der Waals surface area contributed by atoms with Gasteiger partial charge in [0.05, 0.1) is 4.90 Å². The molecule has 0 atom stereocenters. The molecule has 1 heterocycles. The zero-order chi connectivity index (χ0) is 15.5. The molecule has 5 nitrogen and oxygen atoms in total. The average molecular weight is 315 g/mol. The number of halogens is 1. The van der Waals surface area contributed by atoms with Gasteiger partial charge in [-0.05, 0) is 57.1 Å². The van der Waals surface area contributed by atoms with Crippen molar-refractivity contribution in [3.63, 3.8) is 0 Å². The first-order valence-corrected chi connectivity index (χ1v) is 8.57. The third kappa shape index (κ3) is 4.23. The second-order valence-corrected chi connectivity index (χ2v) is 7.32. The van der Waals surface area contributed by atoms with Crippen molar-refractivity contribution in [2.75, 3.05) is 26.7 Å². The first kappa shape index (κ1) is 16.4. The van der Waals surface area contributed by atoms with Gasteiger partial charge in [0, 0.05) is 18.7 Å². The summed E-state index contributed by atoms with van der Waals surface area (Å²) in [4.78, 5) is 2.30.